The molecule has 9 heteroatoms. The van der Waals surface area contributed by atoms with Crippen molar-refractivity contribution in [3.63, 3.8) is 0 Å². The first kappa shape index (κ1) is 20.2. The molecule has 0 saturated carbocycles. The number of aliphatic imine (C=N–C) groups is 1. The Hall–Kier alpha value is -3.69. The lowest BCUT2D eigenvalue weighted by Gasteiger charge is -2.09. The smallest absolute Gasteiger partial charge is 0.252 e. The van der Waals surface area contributed by atoms with Crippen molar-refractivity contribution in [1.29, 1.82) is 0 Å². The lowest BCUT2D eigenvalue weighted by atomic mass is 10.1. The van der Waals surface area contributed by atoms with E-state index < -0.39 is 0 Å². The van der Waals surface area contributed by atoms with E-state index in [2.05, 4.69) is 25.3 Å². The van der Waals surface area contributed by atoms with Crippen LogP contribution < -0.4 is 16.6 Å². The number of aromatic amines is 1. The van der Waals surface area contributed by atoms with Crippen molar-refractivity contribution in [3.05, 3.63) is 88.8 Å². The Morgan fingerprint density at radius 2 is 1.88 bits per heavy atom. The predicted octanol–water partition coefficient (Wildman–Crippen LogP) is 4.88. The van der Waals surface area contributed by atoms with E-state index >= 15 is 0 Å². The molecule has 5 rings (SSSR count). The number of anilines is 1. The molecule has 0 aliphatic heterocycles. The van der Waals surface area contributed by atoms with E-state index in [9.17, 15) is 4.79 Å². The maximum Gasteiger partial charge on any atom is 0.252 e. The third-order valence-electron chi connectivity index (χ3n) is 4.68. The molecule has 0 bridgehead atoms. The molecule has 0 atom stereocenters. The minimum absolute atomic E-state index is 0.139. The van der Waals surface area contributed by atoms with E-state index in [0.717, 1.165) is 31.0 Å². The molecule has 0 aliphatic carbocycles. The standard InChI is InChI=1S/C23H18N6OS2/c24-21(26-17-10-5-7-14-6-1-2-8-16(14)17)29-22-25-15(12-20(30)28-22)13-31-23-27-18-9-3-4-11-19(18)32-23/h1-12H,13H2,(H4,24,25,26,28,29,30). The molecule has 0 spiro atoms. The van der Waals surface area contributed by atoms with Crippen LogP contribution in [0.3, 0.4) is 0 Å². The van der Waals surface area contributed by atoms with Gasteiger partial charge in [0.05, 0.1) is 15.9 Å². The Labute approximate surface area is 191 Å². The molecule has 0 radical (unpaired) electrons. The minimum atomic E-state index is -0.281. The highest BCUT2D eigenvalue weighted by Crippen LogP contribution is 2.31. The number of hydrogen-bond donors (Lipinski definition) is 3. The number of hydrogen-bond acceptors (Lipinski definition) is 6. The molecule has 0 fully saturated rings. The molecule has 0 aliphatic rings. The second kappa shape index (κ2) is 8.81. The maximum absolute atomic E-state index is 12.1. The highest BCUT2D eigenvalue weighted by Gasteiger charge is 2.08. The monoisotopic (exact) mass is 458 g/mol. The lowest BCUT2D eigenvalue weighted by Crippen LogP contribution is -2.22. The molecule has 32 heavy (non-hydrogen) atoms. The van der Waals surface area contributed by atoms with Crippen LogP contribution in [0.2, 0.25) is 0 Å². The number of rotatable bonds is 5. The summed E-state index contributed by atoms with van der Waals surface area (Å²) in [6, 6.07) is 23.3. The summed E-state index contributed by atoms with van der Waals surface area (Å²) in [6.45, 7) is 0. The van der Waals surface area contributed by atoms with Gasteiger partial charge in [0.15, 0.2) is 4.34 Å². The van der Waals surface area contributed by atoms with Crippen LogP contribution >= 0.6 is 23.1 Å². The van der Waals surface area contributed by atoms with Crippen molar-refractivity contribution in [2.24, 2.45) is 10.7 Å². The Morgan fingerprint density at radius 1 is 1.06 bits per heavy atom. The molecule has 7 nitrogen and oxygen atoms in total. The maximum atomic E-state index is 12.1. The summed E-state index contributed by atoms with van der Waals surface area (Å²) in [4.78, 5) is 28.1. The summed E-state index contributed by atoms with van der Waals surface area (Å²) in [7, 11) is 0. The summed E-state index contributed by atoms with van der Waals surface area (Å²) < 4.78 is 2.06. The number of thiazole rings is 1. The van der Waals surface area contributed by atoms with E-state index in [1.807, 2.05) is 66.7 Å². The number of nitrogens with one attached hydrogen (secondary N) is 2. The SMILES string of the molecule is N/C(=N\c1nc(CSc2nc3ccccc3s2)cc(=O)[nH]1)Nc1cccc2ccccc12. The molecule has 0 saturated heterocycles. The van der Waals surface area contributed by atoms with Crippen LogP contribution in [0.4, 0.5) is 11.6 Å². The van der Waals surface area contributed by atoms with E-state index in [1.165, 1.54) is 17.8 Å². The van der Waals surface area contributed by atoms with Crippen LogP contribution in [0.15, 0.2) is 86.9 Å². The first-order valence-corrected chi connectivity index (χ1v) is 11.6. The minimum Gasteiger partial charge on any atom is -0.369 e. The average molecular weight is 459 g/mol. The highest BCUT2D eigenvalue weighted by molar-refractivity contribution is 8.00. The molecular formula is C23H18N6OS2. The fraction of sp³-hybridized carbons (Fsp3) is 0.0435. The average Bonchev–Trinajstić information content (AvgIpc) is 3.21. The third kappa shape index (κ3) is 4.48. The van der Waals surface area contributed by atoms with Gasteiger partial charge < -0.3 is 11.1 Å². The number of guanidine groups is 1. The topological polar surface area (TPSA) is 109 Å². The summed E-state index contributed by atoms with van der Waals surface area (Å²) in [6.07, 6.45) is 0. The van der Waals surface area contributed by atoms with Crippen molar-refractivity contribution in [2.75, 3.05) is 5.32 Å². The molecule has 0 unspecified atom stereocenters. The normalized spacial score (nSPS) is 11.8. The number of aromatic nitrogens is 3. The van der Waals surface area contributed by atoms with Gasteiger partial charge in [0.2, 0.25) is 11.9 Å². The molecule has 5 aromatic rings. The van der Waals surface area contributed by atoms with Gasteiger partial charge in [0, 0.05) is 22.9 Å². The van der Waals surface area contributed by atoms with Gasteiger partial charge in [-0.1, -0.05) is 60.3 Å². The number of benzene rings is 3. The van der Waals surface area contributed by atoms with Crippen LogP contribution in [0.25, 0.3) is 21.0 Å². The number of nitrogens with zero attached hydrogens (tertiary/aromatic N) is 3. The summed E-state index contributed by atoms with van der Waals surface area (Å²) in [5.41, 5.74) is 8.22. The van der Waals surface area contributed by atoms with Crippen molar-refractivity contribution in [1.82, 2.24) is 15.0 Å². The lowest BCUT2D eigenvalue weighted by molar-refractivity contribution is 1.04. The molecular weight excluding hydrogens is 440 g/mol. The Kier molecular flexibility index (Phi) is 5.57. The van der Waals surface area contributed by atoms with Gasteiger partial charge >= 0.3 is 0 Å². The Bertz CT molecular complexity index is 1470. The Morgan fingerprint density at radius 3 is 2.78 bits per heavy atom. The van der Waals surface area contributed by atoms with Crippen LogP contribution in [0.5, 0.6) is 0 Å². The van der Waals surface area contributed by atoms with Gasteiger partial charge in [0.25, 0.3) is 5.56 Å². The zero-order chi connectivity index (χ0) is 21.9. The second-order valence-corrected chi connectivity index (χ2v) is 9.20. The van der Waals surface area contributed by atoms with Crippen molar-refractivity contribution in [3.8, 4) is 0 Å². The largest absolute Gasteiger partial charge is 0.369 e. The molecule has 158 valence electrons. The van der Waals surface area contributed by atoms with Crippen LogP contribution in [-0.2, 0) is 5.75 Å². The fourth-order valence-corrected chi connectivity index (χ4v) is 5.24. The second-order valence-electron chi connectivity index (χ2n) is 6.95. The number of fused-ring (bicyclic) bond motifs is 2. The van der Waals surface area contributed by atoms with E-state index in [-0.39, 0.29) is 17.5 Å². The number of para-hydroxylation sites is 1. The van der Waals surface area contributed by atoms with Crippen molar-refractivity contribution >= 4 is 61.7 Å². The molecule has 2 aromatic heterocycles. The fourth-order valence-electron chi connectivity index (χ4n) is 3.28. The quantitative estimate of drug-likeness (QED) is 0.197. The van der Waals surface area contributed by atoms with Gasteiger partial charge in [0.1, 0.15) is 0 Å². The number of thioether (sulfide) groups is 1. The van der Waals surface area contributed by atoms with Gasteiger partial charge in [-0.3, -0.25) is 9.78 Å². The molecule has 3 aromatic carbocycles. The van der Waals surface area contributed by atoms with Crippen LogP contribution in [0.1, 0.15) is 5.69 Å². The van der Waals surface area contributed by atoms with Crippen LogP contribution in [0, 0.1) is 0 Å². The van der Waals surface area contributed by atoms with E-state index in [1.54, 1.807) is 11.3 Å². The molecule has 0 amide bonds. The summed E-state index contributed by atoms with van der Waals surface area (Å²) >= 11 is 3.15. The van der Waals surface area contributed by atoms with Gasteiger partial charge in [-0.15, -0.1) is 11.3 Å². The van der Waals surface area contributed by atoms with Crippen molar-refractivity contribution < 1.29 is 0 Å². The highest BCUT2D eigenvalue weighted by atomic mass is 32.2. The summed E-state index contributed by atoms with van der Waals surface area (Å²) in [5.74, 6) is 0.797. The number of H-pyrrole nitrogens is 1. The van der Waals surface area contributed by atoms with Gasteiger partial charge in [-0.25, -0.2) is 9.97 Å². The summed E-state index contributed by atoms with van der Waals surface area (Å²) in [5, 5.41) is 5.21. The third-order valence-corrected chi connectivity index (χ3v) is 6.89. The molecule has 2 heterocycles. The predicted molar refractivity (Wildman–Crippen MR) is 133 cm³/mol. The first-order valence-electron chi connectivity index (χ1n) is 9.82. The zero-order valence-corrected chi connectivity index (χ0v) is 18.4. The van der Waals surface area contributed by atoms with E-state index in [4.69, 9.17) is 5.73 Å². The van der Waals surface area contributed by atoms with Crippen molar-refractivity contribution in [2.45, 2.75) is 10.1 Å². The molecule has 4 N–H and O–H groups in total. The van der Waals surface area contributed by atoms with Gasteiger partial charge in [-0.2, -0.15) is 4.99 Å². The first-order chi connectivity index (χ1) is 15.6. The van der Waals surface area contributed by atoms with Crippen LogP contribution in [-0.4, -0.2) is 20.9 Å². The zero-order valence-electron chi connectivity index (χ0n) is 16.8. The van der Waals surface area contributed by atoms with Gasteiger partial charge in [-0.05, 0) is 23.6 Å². The number of nitrogens with two attached hydrogens (primary N) is 1. The Balaban J connectivity index is 1.34. The van der Waals surface area contributed by atoms with E-state index in [0.29, 0.717) is 11.4 Å².